The Balaban J connectivity index is 0.00000289. The molecule has 2 aromatic carbocycles. The molecule has 35 heavy (non-hydrogen) atoms. The molecular weight excluding hydrogens is 485 g/mol. The SMILES string of the molecule is C.COn1c(=O)c(-c2c(Cl)cccc2Cl)cc2cnc(Nc3cccc(CN4CCCC4)c3)nc21. The largest absolute Gasteiger partial charge is 0.412 e. The second-order valence-electron chi connectivity index (χ2n) is 8.22. The van der Waals surface area contributed by atoms with Crippen molar-refractivity contribution in [1.82, 2.24) is 19.6 Å². The fourth-order valence-electron chi connectivity index (χ4n) is 4.31. The van der Waals surface area contributed by atoms with Crippen LogP contribution < -0.4 is 15.7 Å². The van der Waals surface area contributed by atoms with Crippen molar-refractivity contribution in [3.05, 3.63) is 80.7 Å². The van der Waals surface area contributed by atoms with Crippen LogP contribution in [0.2, 0.25) is 10.0 Å². The molecule has 0 unspecified atom stereocenters. The van der Waals surface area contributed by atoms with Crippen LogP contribution in [-0.2, 0) is 6.54 Å². The maximum Gasteiger partial charge on any atom is 0.293 e. The van der Waals surface area contributed by atoms with Gasteiger partial charge in [-0.25, -0.2) is 4.98 Å². The number of hydrogen-bond acceptors (Lipinski definition) is 6. The van der Waals surface area contributed by atoms with Crippen molar-refractivity contribution in [2.75, 3.05) is 25.5 Å². The maximum absolute atomic E-state index is 13.2. The first-order valence-corrected chi connectivity index (χ1v) is 11.8. The van der Waals surface area contributed by atoms with Crippen LogP contribution in [0.4, 0.5) is 11.6 Å². The standard InChI is InChI=1S/C25H23Cl2N5O2.CH4/c1-34-32-23-17(13-19(24(32)33)22-20(26)8-5-9-21(22)27)14-28-25(30-23)29-18-7-4-6-16(12-18)15-31-10-2-3-11-31;/h4-9,12-14H,2-3,10-11,15H2,1H3,(H,28,29,30);1H4. The van der Waals surface area contributed by atoms with Gasteiger partial charge in [0.15, 0.2) is 5.65 Å². The Morgan fingerprint density at radius 2 is 1.77 bits per heavy atom. The molecule has 0 bridgehead atoms. The van der Waals surface area contributed by atoms with Crippen molar-refractivity contribution in [3.8, 4) is 11.1 Å². The molecule has 0 atom stereocenters. The van der Waals surface area contributed by atoms with Crippen molar-refractivity contribution >= 4 is 45.9 Å². The van der Waals surface area contributed by atoms with E-state index in [2.05, 4.69) is 32.3 Å². The first-order valence-electron chi connectivity index (χ1n) is 11.0. The normalized spacial score (nSPS) is 13.6. The first kappa shape index (κ1) is 25.0. The van der Waals surface area contributed by atoms with E-state index in [4.69, 9.17) is 28.0 Å². The molecular formula is C26H27Cl2N5O2. The third-order valence-corrected chi connectivity index (χ3v) is 6.54. The van der Waals surface area contributed by atoms with Crippen molar-refractivity contribution in [2.24, 2.45) is 0 Å². The van der Waals surface area contributed by atoms with Gasteiger partial charge in [0.05, 0.1) is 15.6 Å². The fraction of sp³-hybridized carbons (Fsp3) is 0.269. The number of fused-ring (bicyclic) bond motifs is 1. The molecule has 5 rings (SSSR count). The van der Waals surface area contributed by atoms with Crippen molar-refractivity contribution in [1.29, 1.82) is 0 Å². The average molecular weight is 512 g/mol. The number of halogens is 2. The zero-order valence-electron chi connectivity index (χ0n) is 18.6. The molecule has 0 saturated carbocycles. The lowest BCUT2D eigenvalue weighted by Gasteiger charge is -2.15. The highest BCUT2D eigenvalue weighted by molar-refractivity contribution is 6.39. The van der Waals surface area contributed by atoms with Gasteiger partial charge in [-0.3, -0.25) is 9.69 Å². The lowest BCUT2D eigenvalue weighted by Crippen LogP contribution is -2.27. The highest BCUT2D eigenvalue weighted by Gasteiger charge is 2.18. The van der Waals surface area contributed by atoms with Crippen LogP contribution >= 0.6 is 23.2 Å². The van der Waals surface area contributed by atoms with E-state index in [1.165, 1.54) is 25.5 Å². The van der Waals surface area contributed by atoms with Gasteiger partial charge in [-0.2, -0.15) is 4.98 Å². The van der Waals surface area contributed by atoms with Crippen molar-refractivity contribution in [3.63, 3.8) is 0 Å². The van der Waals surface area contributed by atoms with E-state index in [1.807, 2.05) is 12.1 Å². The monoisotopic (exact) mass is 511 g/mol. The molecule has 3 heterocycles. The van der Waals surface area contributed by atoms with E-state index in [0.29, 0.717) is 38.2 Å². The highest BCUT2D eigenvalue weighted by atomic mass is 35.5. The first-order chi connectivity index (χ1) is 16.5. The molecule has 0 spiro atoms. The summed E-state index contributed by atoms with van der Waals surface area (Å²) in [5.74, 6) is 0.361. The highest BCUT2D eigenvalue weighted by Crippen LogP contribution is 2.33. The second-order valence-corrected chi connectivity index (χ2v) is 9.03. The van der Waals surface area contributed by atoms with Crippen LogP contribution in [0.15, 0.2) is 59.5 Å². The maximum atomic E-state index is 13.2. The van der Waals surface area contributed by atoms with Gasteiger partial charge in [-0.15, -0.1) is 4.73 Å². The smallest absolute Gasteiger partial charge is 0.293 e. The summed E-state index contributed by atoms with van der Waals surface area (Å²) < 4.78 is 1.13. The molecule has 1 fully saturated rings. The molecule has 1 aliphatic heterocycles. The average Bonchev–Trinajstić information content (AvgIpc) is 3.33. The Bertz CT molecular complexity index is 1400. The number of nitrogens with zero attached hydrogens (tertiary/aromatic N) is 4. The molecule has 4 aromatic rings. The molecule has 7 nitrogen and oxygen atoms in total. The van der Waals surface area contributed by atoms with Crippen LogP contribution in [0.5, 0.6) is 0 Å². The molecule has 2 aromatic heterocycles. The third-order valence-electron chi connectivity index (χ3n) is 5.91. The van der Waals surface area contributed by atoms with Gasteiger partial charge in [-0.1, -0.05) is 48.8 Å². The summed E-state index contributed by atoms with van der Waals surface area (Å²) >= 11 is 12.7. The summed E-state index contributed by atoms with van der Waals surface area (Å²) in [7, 11) is 1.41. The van der Waals surface area contributed by atoms with Gasteiger partial charge in [0.1, 0.15) is 7.11 Å². The molecule has 1 aliphatic rings. The molecule has 1 N–H and O–H groups in total. The van der Waals surface area contributed by atoms with Gasteiger partial charge in [0, 0.05) is 29.4 Å². The minimum Gasteiger partial charge on any atom is -0.412 e. The van der Waals surface area contributed by atoms with Gasteiger partial charge in [0.2, 0.25) is 5.95 Å². The molecule has 0 aliphatic carbocycles. The predicted octanol–water partition coefficient (Wildman–Crippen LogP) is 5.80. The van der Waals surface area contributed by atoms with Crippen molar-refractivity contribution < 1.29 is 4.84 Å². The topological polar surface area (TPSA) is 72.3 Å². The zero-order valence-corrected chi connectivity index (χ0v) is 20.1. The third kappa shape index (κ3) is 5.12. The van der Waals surface area contributed by atoms with Crippen molar-refractivity contribution in [2.45, 2.75) is 26.8 Å². The molecule has 182 valence electrons. The minimum absolute atomic E-state index is 0. The summed E-state index contributed by atoms with van der Waals surface area (Å²) in [6.45, 7) is 3.20. The van der Waals surface area contributed by atoms with Gasteiger partial charge in [-0.05, 0) is 61.8 Å². The van der Waals surface area contributed by atoms with E-state index in [9.17, 15) is 4.79 Å². The molecule has 0 amide bonds. The molecule has 9 heteroatoms. The summed E-state index contributed by atoms with van der Waals surface area (Å²) in [4.78, 5) is 30.1. The summed E-state index contributed by atoms with van der Waals surface area (Å²) in [5.41, 5.74) is 2.78. The second kappa shape index (κ2) is 10.6. The Labute approximate surface area is 214 Å². The Kier molecular flexibility index (Phi) is 7.60. The minimum atomic E-state index is -0.415. The number of hydrogen-bond donors (Lipinski definition) is 1. The lowest BCUT2D eigenvalue weighted by molar-refractivity contribution is 0.168. The fourth-order valence-corrected chi connectivity index (χ4v) is 4.91. The van der Waals surface area contributed by atoms with Crippen LogP contribution in [-0.4, -0.2) is 39.8 Å². The predicted molar refractivity (Wildman–Crippen MR) is 143 cm³/mol. The number of rotatable bonds is 6. The number of pyridine rings is 1. The Morgan fingerprint density at radius 3 is 2.49 bits per heavy atom. The van der Waals surface area contributed by atoms with Crippen LogP contribution in [0.1, 0.15) is 25.8 Å². The number of benzene rings is 2. The van der Waals surface area contributed by atoms with E-state index in [0.717, 1.165) is 30.1 Å². The summed E-state index contributed by atoms with van der Waals surface area (Å²) in [6.07, 6.45) is 4.16. The van der Waals surface area contributed by atoms with Gasteiger partial charge in [0.25, 0.3) is 5.56 Å². The number of nitrogens with one attached hydrogen (secondary N) is 1. The van der Waals surface area contributed by atoms with Crippen LogP contribution in [0.25, 0.3) is 22.2 Å². The van der Waals surface area contributed by atoms with E-state index >= 15 is 0 Å². The van der Waals surface area contributed by atoms with Crippen LogP contribution in [0, 0.1) is 0 Å². The van der Waals surface area contributed by atoms with E-state index < -0.39 is 5.56 Å². The van der Waals surface area contributed by atoms with Gasteiger partial charge >= 0.3 is 0 Å². The number of anilines is 2. The Hall–Kier alpha value is -3.13. The number of aromatic nitrogens is 3. The van der Waals surface area contributed by atoms with E-state index in [-0.39, 0.29) is 7.43 Å². The summed E-state index contributed by atoms with van der Waals surface area (Å²) in [6, 6.07) is 15.0. The quantitative estimate of drug-likeness (QED) is 0.352. The molecule has 1 saturated heterocycles. The van der Waals surface area contributed by atoms with Crippen LogP contribution in [0.3, 0.4) is 0 Å². The molecule has 0 radical (unpaired) electrons. The number of likely N-dealkylation sites (tertiary alicyclic amines) is 1. The Morgan fingerprint density at radius 1 is 1.06 bits per heavy atom. The summed E-state index contributed by atoms with van der Waals surface area (Å²) in [5, 5.41) is 4.60. The lowest BCUT2D eigenvalue weighted by atomic mass is 10.1. The van der Waals surface area contributed by atoms with Gasteiger partial charge < -0.3 is 10.2 Å². The zero-order chi connectivity index (χ0) is 23.7. The van der Waals surface area contributed by atoms with E-state index in [1.54, 1.807) is 30.5 Å².